The molecule has 0 aromatic heterocycles. The highest BCUT2D eigenvalue weighted by Crippen LogP contribution is 1.70. The molecule has 0 spiro atoms. The first-order valence-electron chi connectivity index (χ1n) is 2.52. The maximum atomic E-state index is 9.87. The molecule has 0 rings (SSSR count). The summed E-state index contributed by atoms with van der Waals surface area (Å²) in [5.41, 5.74) is 4.57. The molecule has 0 fully saturated rings. The first kappa shape index (κ1) is 8.54. The summed E-state index contributed by atoms with van der Waals surface area (Å²) < 4.78 is 4.21. The minimum absolute atomic E-state index is 0.0400. The van der Waals surface area contributed by atoms with Gasteiger partial charge in [-0.25, -0.2) is 9.59 Å². The number of carbonyl (C=O) groups is 2. The number of ether oxygens (including phenoxy) is 1. The van der Waals surface area contributed by atoms with Crippen LogP contribution in [0.2, 0.25) is 0 Å². The SMILES string of the molecule is NC(=O)OCCNC(=O)O. The summed E-state index contributed by atoms with van der Waals surface area (Å²) in [6.07, 6.45) is -2.07. The Hall–Kier alpha value is -1.46. The molecule has 0 radical (unpaired) electrons. The van der Waals surface area contributed by atoms with Crippen molar-refractivity contribution in [2.45, 2.75) is 0 Å². The van der Waals surface area contributed by atoms with E-state index in [1.54, 1.807) is 0 Å². The highest BCUT2D eigenvalue weighted by molar-refractivity contribution is 5.65. The topological polar surface area (TPSA) is 102 Å². The zero-order chi connectivity index (χ0) is 7.98. The Morgan fingerprint density at radius 3 is 2.60 bits per heavy atom. The predicted molar refractivity (Wildman–Crippen MR) is 31.6 cm³/mol. The van der Waals surface area contributed by atoms with Gasteiger partial charge in [0.15, 0.2) is 0 Å². The van der Waals surface area contributed by atoms with Crippen LogP contribution in [0.4, 0.5) is 9.59 Å². The lowest BCUT2D eigenvalue weighted by Crippen LogP contribution is -2.27. The van der Waals surface area contributed by atoms with Crippen molar-refractivity contribution in [3.63, 3.8) is 0 Å². The van der Waals surface area contributed by atoms with Gasteiger partial charge in [0, 0.05) is 0 Å². The second kappa shape index (κ2) is 4.42. The van der Waals surface area contributed by atoms with Crippen LogP contribution in [0, 0.1) is 0 Å². The zero-order valence-electron chi connectivity index (χ0n) is 5.16. The number of nitrogens with one attached hydrogen (secondary N) is 1. The van der Waals surface area contributed by atoms with E-state index in [1.165, 1.54) is 0 Å². The van der Waals surface area contributed by atoms with E-state index in [2.05, 4.69) is 10.5 Å². The van der Waals surface area contributed by atoms with Gasteiger partial charge in [-0.3, -0.25) is 0 Å². The summed E-state index contributed by atoms with van der Waals surface area (Å²) in [6, 6.07) is 0. The average molecular weight is 148 g/mol. The van der Waals surface area contributed by atoms with Gasteiger partial charge in [-0.2, -0.15) is 0 Å². The van der Waals surface area contributed by atoms with E-state index in [0.717, 1.165) is 0 Å². The van der Waals surface area contributed by atoms with Crippen LogP contribution < -0.4 is 11.1 Å². The third-order valence-corrected chi connectivity index (χ3v) is 0.623. The zero-order valence-corrected chi connectivity index (χ0v) is 5.16. The first-order chi connectivity index (χ1) is 4.63. The Balaban J connectivity index is 3.06. The molecule has 0 saturated carbocycles. The van der Waals surface area contributed by atoms with Gasteiger partial charge in [0.1, 0.15) is 6.61 Å². The molecule has 0 saturated heterocycles. The van der Waals surface area contributed by atoms with Crippen molar-refractivity contribution >= 4 is 12.2 Å². The Bertz CT molecular complexity index is 119. The van der Waals surface area contributed by atoms with Crippen LogP contribution in [-0.4, -0.2) is 30.4 Å². The fraction of sp³-hybridized carbons (Fsp3) is 0.500. The molecule has 0 aliphatic rings. The molecule has 0 unspecified atom stereocenters. The number of amides is 2. The van der Waals surface area contributed by atoms with Gasteiger partial charge >= 0.3 is 12.2 Å². The van der Waals surface area contributed by atoms with E-state index in [1.807, 2.05) is 5.32 Å². The molecular weight excluding hydrogens is 140 g/mol. The minimum Gasteiger partial charge on any atom is -0.465 e. The first-order valence-corrected chi connectivity index (χ1v) is 2.52. The largest absolute Gasteiger partial charge is 0.465 e. The lowest BCUT2D eigenvalue weighted by molar-refractivity contribution is 0.153. The van der Waals surface area contributed by atoms with Gasteiger partial charge in [-0.1, -0.05) is 0 Å². The summed E-state index contributed by atoms with van der Waals surface area (Å²) in [6.45, 7) is 0.0138. The number of carboxylic acid groups (broad SMARTS) is 1. The molecule has 0 atom stereocenters. The van der Waals surface area contributed by atoms with Gasteiger partial charge in [-0.15, -0.1) is 0 Å². The summed E-state index contributed by atoms with van der Waals surface area (Å²) >= 11 is 0. The second-order valence-electron chi connectivity index (χ2n) is 1.40. The molecule has 4 N–H and O–H groups in total. The van der Waals surface area contributed by atoms with Crippen molar-refractivity contribution < 1.29 is 19.4 Å². The van der Waals surface area contributed by atoms with Crippen molar-refractivity contribution in [3.8, 4) is 0 Å². The van der Waals surface area contributed by atoms with E-state index in [4.69, 9.17) is 5.11 Å². The smallest absolute Gasteiger partial charge is 0.404 e. The van der Waals surface area contributed by atoms with Crippen LogP contribution in [0.3, 0.4) is 0 Å². The van der Waals surface area contributed by atoms with E-state index in [-0.39, 0.29) is 13.2 Å². The fourth-order valence-corrected chi connectivity index (χ4v) is 0.310. The van der Waals surface area contributed by atoms with Crippen LogP contribution >= 0.6 is 0 Å². The van der Waals surface area contributed by atoms with Crippen molar-refractivity contribution in [1.82, 2.24) is 5.32 Å². The standard InChI is InChI=1S/C4H8N2O4/c5-3(7)10-2-1-6-4(8)9/h6H,1-2H2,(H2,5,7)(H,8,9). The molecule has 0 aromatic carbocycles. The Morgan fingerprint density at radius 1 is 1.60 bits per heavy atom. The highest BCUT2D eigenvalue weighted by atomic mass is 16.5. The molecule has 6 nitrogen and oxygen atoms in total. The van der Waals surface area contributed by atoms with Crippen LogP contribution in [0.5, 0.6) is 0 Å². The van der Waals surface area contributed by atoms with Crippen LogP contribution in [0.25, 0.3) is 0 Å². The van der Waals surface area contributed by atoms with Crippen LogP contribution in [0.15, 0.2) is 0 Å². The van der Waals surface area contributed by atoms with Gasteiger partial charge < -0.3 is 20.9 Å². The van der Waals surface area contributed by atoms with Crippen molar-refractivity contribution in [2.24, 2.45) is 5.73 Å². The molecule has 0 aliphatic heterocycles. The van der Waals surface area contributed by atoms with Crippen LogP contribution in [0.1, 0.15) is 0 Å². The van der Waals surface area contributed by atoms with E-state index in [0.29, 0.717) is 0 Å². The van der Waals surface area contributed by atoms with E-state index >= 15 is 0 Å². The third kappa shape index (κ3) is 6.54. The molecule has 0 aliphatic carbocycles. The number of hydrogen-bond acceptors (Lipinski definition) is 3. The van der Waals surface area contributed by atoms with Gasteiger partial charge in [-0.05, 0) is 0 Å². The average Bonchev–Trinajstić information content (AvgIpc) is 1.79. The molecule has 0 aromatic rings. The molecule has 0 bridgehead atoms. The molecular formula is C4H8N2O4. The monoisotopic (exact) mass is 148 g/mol. The molecule has 6 heteroatoms. The van der Waals surface area contributed by atoms with Crippen molar-refractivity contribution in [1.29, 1.82) is 0 Å². The normalized spacial score (nSPS) is 8.40. The molecule has 10 heavy (non-hydrogen) atoms. The lowest BCUT2D eigenvalue weighted by atomic mass is 10.7. The van der Waals surface area contributed by atoms with Crippen LogP contribution in [-0.2, 0) is 4.74 Å². The maximum Gasteiger partial charge on any atom is 0.404 e. The van der Waals surface area contributed by atoms with Crippen molar-refractivity contribution in [3.05, 3.63) is 0 Å². The Morgan fingerprint density at radius 2 is 2.20 bits per heavy atom. The summed E-state index contributed by atoms with van der Waals surface area (Å²) in [7, 11) is 0. The van der Waals surface area contributed by atoms with Gasteiger partial charge in [0.05, 0.1) is 6.54 Å². The van der Waals surface area contributed by atoms with Gasteiger partial charge in [0.2, 0.25) is 0 Å². The predicted octanol–water partition coefficient (Wildman–Crippen LogP) is -0.651. The Labute approximate surface area is 57.0 Å². The fourth-order valence-electron chi connectivity index (χ4n) is 0.310. The second-order valence-corrected chi connectivity index (χ2v) is 1.40. The number of carbonyl (C=O) groups excluding carboxylic acids is 1. The highest BCUT2D eigenvalue weighted by Gasteiger charge is 1.94. The molecule has 2 amide bonds. The van der Waals surface area contributed by atoms with E-state index < -0.39 is 12.2 Å². The summed E-state index contributed by atoms with van der Waals surface area (Å²) in [4.78, 5) is 19.6. The van der Waals surface area contributed by atoms with Gasteiger partial charge in [0.25, 0.3) is 0 Å². The van der Waals surface area contributed by atoms with Crippen molar-refractivity contribution in [2.75, 3.05) is 13.2 Å². The number of hydrogen-bond donors (Lipinski definition) is 3. The quantitative estimate of drug-likeness (QED) is 0.463. The minimum atomic E-state index is -1.16. The number of primary amides is 1. The molecule has 0 heterocycles. The number of rotatable bonds is 3. The summed E-state index contributed by atoms with van der Waals surface area (Å²) in [5.74, 6) is 0. The maximum absolute atomic E-state index is 9.87. The summed E-state index contributed by atoms with van der Waals surface area (Å²) in [5, 5.41) is 9.98. The van der Waals surface area contributed by atoms with E-state index in [9.17, 15) is 9.59 Å². The number of nitrogens with two attached hydrogens (primary N) is 1. The Kier molecular flexibility index (Phi) is 3.78. The third-order valence-electron chi connectivity index (χ3n) is 0.623. The lowest BCUT2D eigenvalue weighted by Gasteiger charge is -1.99. The molecule has 58 valence electrons.